The predicted molar refractivity (Wildman–Crippen MR) is 93.3 cm³/mol. The number of morpholine rings is 1. The Kier molecular flexibility index (Phi) is 5.01. The highest BCUT2D eigenvalue weighted by Gasteiger charge is 2.33. The highest BCUT2D eigenvalue weighted by molar-refractivity contribution is 5.79. The normalized spacial score (nSPS) is 19.6. The quantitative estimate of drug-likeness (QED) is 0.748. The van der Waals surface area contributed by atoms with Gasteiger partial charge in [-0.15, -0.1) is 0 Å². The third kappa shape index (κ3) is 3.46. The summed E-state index contributed by atoms with van der Waals surface area (Å²) in [5.41, 5.74) is 1.76. The van der Waals surface area contributed by atoms with Gasteiger partial charge in [0.2, 0.25) is 11.8 Å². The van der Waals surface area contributed by atoms with Crippen LogP contribution in [0.15, 0.2) is 16.7 Å². The molecule has 0 unspecified atom stereocenters. The van der Waals surface area contributed by atoms with Gasteiger partial charge >= 0.3 is 0 Å². The molecule has 2 aliphatic heterocycles. The molecule has 0 bridgehead atoms. The molecule has 0 saturated carbocycles. The van der Waals surface area contributed by atoms with Crippen molar-refractivity contribution >= 4 is 11.8 Å². The number of hydrogen-bond acceptors (Lipinski definition) is 5. The van der Waals surface area contributed by atoms with Gasteiger partial charge < -0.3 is 19.1 Å². The maximum absolute atomic E-state index is 13.4. The lowest BCUT2D eigenvalue weighted by atomic mass is 9.99. The average molecular weight is 395 g/mol. The van der Waals surface area contributed by atoms with E-state index < -0.39 is 17.5 Å². The van der Waals surface area contributed by atoms with Crippen molar-refractivity contribution in [1.29, 1.82) is 0 Å². The lowest BCUT2D eigenvalue weighted by Crippen LogP contribution is -2.44. The first-order chi connectivity index (χ1) is 13.4. The van der Waals surface area contributed by atoms with Gasteiger partial charge in [-0.1, -0.05) is 5.16 Å². The second-order valence-corrected chi connectivity index (χ2v) is 7.14. The van der Waals surface area contributed by atoms with E-state index in [1.54, 1.807) is 4.90 Å². The number of amides is 1. The third-order valence-electron chi connectivity index (χ3n) is 5.22. The molecule has 6 nitrogen and oxygen atoms in total. The minimum absolute atomic E-state index is 0.0955. The molecule has 0 N–H and O–H groups in total. The molecule has 9 heteroatoms. The summed E-state index contributed by atoms with van der Waals surface area (Å²) >= 11 is 0. The van der Waals surface area contributed by atoms with Crippen LogP contribution in [0.3, 0.4) is 0 Å². The van der Waals surface area contributed by atoms with Gasteiger partial charge in [0, 0.05) is 25.6 Å². The highest BCUT2D eigenvalue weighted by Crippen LogP contribution is 2.32. The van der Waals surface area contributed by atoms with E-state index in [0.717, 1.165) is 23.4 Å². The van der Waals surface area contributed by atoms with E-state index in [2.05, 4.69) is 5.16 Å². The van der Waals surface area contributed by atoms with Crippen LogP contribution in [-0.2, 0) is 28.9 Å². The largest absolute Gasteiger partial charge is 0.378 e. The zero-order valence-corrected chi connectivity index (χ0v) is 15.4. The molecule has 150 valence electrons. The number of carbonyl (C=O) groups excluding carboxylic acids is 1. The van der Waals surface area contributed by atoms with Gasteiger partial charge in [0.15, 0.2) is 17.5 Å². The lowest BCUT2D eigenvalue weighted by molar-refractivity contribution is -0.133. The zero-order valence-electron chi connectivity index (χ0n) is 15.4. The van der Waals surface area contributed by atoms with Crippen LogP contribution in [0.2, 0.25) is 0 Å². The van der Waals surface area contributed by atoms with Gasteiger partial charge in [-0.2, -0.15) is 0 Å². The fourth-order valence-corrected chi connectivity index (χ4v) is 3.70. The van der Waals surface area contributed by atoms with E-state index >= 15 is 0 Å². The topological polar surface area (TPSA) is 58.8 Å². The molecule has 4 rings (SSSR count). The van der Waals surface area contributed by atoms with Crippen LogP contribution in [-0.4, -0.2) is 48.3 Å². The van der Waals surface area contributed by atoms with E-state index in [0.29, 0.717) is 45.2 Å². The second kappa shape index (κ2) is 7.46. The molecule has 0 radical (unpaired) electrons. The lowest BCUT2D eigenvalue weighted by Gasteiger charge is -2.34. The number of hydrogen-bond donors (Lipinski definition) is 0. The number of carbonyl (C=O) groups is 1. The summed E-state index contributed by atoms with van der Waals surface area (Å²) < 4.78 is 50.9. The van der Waals surface area contributed by atoms with Crippen molar-refractivity contribution in [3.8, 4) is 0 Å². The van der Waals surface area contributed by atoms with Crippen molar-refractivity contribution in [2.24, 2.45) is 0 Å². The molecule has 3 heterocycles. The molecule has 0 spiro atoms. The van der Waals surface area contributed by atoms with Gasteiger partial charge in [-0.05, 0) is 24.6 Å². The van der Waals surface area contributed by atoms with Crippen molar-refractivity contribution < 1.29 is 27.2 Å². The number of anilines is 1. The van der Waals surface area contributed by atoms with E-state index in [9.17, 15) is 18.0 Å². The molecule has 1 aromatic heterocycles. The van der Waals surface area contributed by atoms with Crippen LogP contribution >= 0.6 is 0 Å². The molecular weight excluding hydrogens is 375 g/mol. The first-order valence-corrected chi connectivity index (χ1v) is 9.17. The van der Waals surface area contributed by atoms with Crippen molar-refractivity contribution in [1.82, 2.24) is 10.1 Å². The summed E-state index contributed by atoms with van der Waals surface area (Å²) in [6.07, 6.45) is 0.313. The minimum Gasteiger partial charge on any atom is -0.378 e. The minimum atomic E-state index is -1.54. The van der Waals surface area contributed by atoms with Crippen LogP contribution in [0, 0.1) is 17.5 Å². The molecule has 1 aromatic carbocycles. The Morgan fingerprint density at radius 2 is 1.89 bits per heavy atom. The van der Waals surface area contributed by atoms with E-state index in [4.69, 9.17) is 9.26 Å². The summed E-state index contributed by atoms with van der Waals surface area (Å²) in [5, 5.41) is 4.16. The number of rotatable bonds is 3. The Hall–Kier alpha value is -2.55. The SMILES string of the molecule is C[C@H]1Cc2noc(N3CCOCC3)c2CN1C(=O)Cc1cc(F)c(F)c(F)c1. The molecule has 1 amide bonds. The Balaban J connectivity index is 1.53. The zero-order chi connectivity index (χ0) is 19.8. The van der Waals surface area contributed by atoms with Crippen LogP contribution in [0.4, 0.5) is 19.1 Å². The Bertz CT molecular complexity index is 873. The fraction of sp³-hybridized carbons (Fsp3) is 0.474. The molecule has 28 heavy (non-hydrogen) atoms. The van der Waals surface area contributed by atoms with E-state index in [1.807, 2.05) is 11.8 Å². The van der Waals surface area contributed by atoms with Gasteiger partial charge in [-0.3, -0.25) is 4.79 Å². The first-order valence-electron chi connectivity index (χ1n) is 9.17. The van der Waals surface area contributed by atoms with Crippen molar-refractivity contribution in [3.63, 3.8) is 0 Å². The first kappa shape index (κ1) is 18.8. The Labute approximate surface area is 159 Å². The Morgan fingerprint density at radius 3 is 2.57 bits per heavy atom. The monoisotopic (exact) mass is 395 g/mol. The number of fused-ring (bicyclic) bond motifs is 1. The van der Waals surface area contributed by atoms with Gasteiger partial charge in [0.1, 0.15) is 0 Å². The predicted octanol–water partition coefficient (Wildman–Crippen LogP) is 2.44. The summed E-state index contributed by atoms with van der Waals surface area (Å²) in [4.78, 5) is 16.5. The highest BCUT2D eigenvalue weighted by atomic mass is 19.2. The van der Waals surface area contributed by atoms with E-state index in [1.165, 1.54) is 0 Å². The summed E-state index contributed by atoms with van der Waals surface area (Å²) in [7, 11) is 0. The van der Waals surface area contributed by atoms with Gasteiger partial charge in [0.05, 0.1) is 37.4 Å². The number of benzene rings is 1. The standard InChI is InChI=1S/C19H20F3N3O3/c1-11-6-16-13(19(28-23-16)24-2-4-27-5-3-24)10-25(11)17(26)9-12-7-14(20)18(22)15(21)8-12/h7-8,11H,2-6,9-10H2,1H3/t11-/m0/s1. The van der Waals surface area contributed by atoms with Crippen molar-refractivity contribution in [3.05, 3.63) is 46.4 Å². The molecule has 0 aliphatic carbocycles. The number of ether oxygens (including phenoxy) is 1. The molecule has 1 saturated heterocycles. The smallest absolute Gasteiger partial charge is 0.232 e. The summed E-state index contributed by atoms with van der Waals surface area (Å²) in [6, 6.07) is 1.57. The maximum atomic E-state index is 13.4. The van der Waals surface area contributed by atoms with Crippen molar-refractivity contribution in [2.75, 3.05) is 31.2 Å². The number of halogens is 3. The molecular formula is C19H20F3N3O3. The van der Waals surface area contributed by atoms with E-state index in [-0.39, 0.29) is 23.9 Å². The third-order valence-corrected chi connectivity index (χ3v) is 5.22. The van der Waals surface area contributed by atoms with Crippen LogP contribution < -0.4 is 4.90 Å². The second-order valence-electron chi connectivity index (χ2n) is 7.14. The number of nitrogens with zero attached hydrogens (tertiary/aromatic N) is 3. The molecule has 1 atom stereocenters. The van der Waals surface area contributed by atoms with Gasteiger partial charge in [0.25, 0.3) is 0 Å². The Morgan fingerprint density at radius 1 is 1.21 bits per heavy atom. The summed E-state index contributed by atoms with van der Waals surface area (Å²) in [5.74, 6) is -3.79. The fourth-order valence-electron chi connectivity index (χ4n) is 3.70. The molecule has 1 fully saturated rings. The van der Waals surface area contributed by atoms with Gasteiger partial charge in [-0.25, -0.2) is 13.2 Å². The average Bonchev–Trinajstić information content (AvgIpc) is 3.08. The summed E-state index contributed by atoms with van der Waals surface area (Å²) in [6.45, 7) is 4.73. The van der Waals surface area contributed by atoms with Crippen LogP contribution in [0.1, 0.15) is 23.7 Å². The van der Waals surface area contributed by atoms with Crippen LogP contribution in [0.5, 0.6) is 0 Å². The van der Waals surface area contributed by atoms with Crippen molar-refractivity contribution in [2.45, 2.75) is 32.4 Å². The maximum Gasteiger partial charge on any atom is 0.232 e. The molecule has 2 aromatic rings. The number of aromatic nitrogens is 1. The van der Waals surface area contributed by atoms with Crippen LogP contribution in [0.25, 0.3) is 0 Å². The molecule has 2 aliphatic rings.